The third-order valence-electron chi connectivity index (χ3n) is 3.47. The van der Waals surface area contributed by atoms with E-state index in [-0.39, 0.29) is 12.5 Å². The molecule has 2 amide bonds. The molecule has 0 aromatic heterocycles. The minimum Gasteiger partial charge on any atom is -0.493 e. The lowest BCUT2D eigenvalue weighted by Gasteiger charge is -2.11. The summed E-state index contributed by atoms with van der Waals surface area (Å²) in [6.07, 6.45) is -0.0498. The van der Waals surface area contributed by atoms with E-state index in [1.54, 1.807) is 50.6 Å². The molecule has 0 aliphatic rings. The zero-order valence-electron chi connectivity index (χ0n) is 14.0. The molecule has 7 nitrogen and oxygen atoms in total. The molecule has 25 heavy (non-hydrogen) atoms. The van der Waals surface area contributed by atoms with E-state index in [9.17, 15) is 9.59 Å². The monoisotopic (exact) mass is 344 g/mol. The maximum atomic E-state index is 12.0. The number of rotatable bonds is 7. The fourth-order valence-corrected chi connectivity index (χ4v) is 2.23. The maximum absolute atomic E-state index is 12.0. The number of hydrogen-bond acceptors (Lipinski definition) is 4. The molecule has 0 saturated carbocycles. The standard InChI is InChI=1S/C18H20N2O5/c1-24-15-8-5-13(9-16(15)25-2)11-19-18(23)20-14-6-3-12(4-7-14)10-17(21)22/h3-9H,10-11H2,1-2H3,(H,21,22)(H2,19,20,23). The summed E-state index contributed by atoms with van der Waals surface area (Å²) in [6, 6.07) is 11.7. The number of methoxy groups -OCH3 is 2. The lowest BCUT2D eigenvalue weighted by molar-refractivity contribution is -0.136. The Bertz CT molecular complexity index is 744. The zero-order chi connectivity index (χ0) is 18.2. The molecule has 7 heteroatoms. The van der Waals surface area contributed by atoms with Gasteiger partial charge in [-0.25, -0.2) is 4.79 Å². The number of hydrogen-bond donors (Lipinski definition) is 3. The highest BCUT2D eigenvalue weighted by Gasteiger charge is 2.07. The van der Waals surface area contributed by atoms with E-state index in [0.29, 0.717) is 29.3 Å². The molecule has 0 unspecified atom stereocenters. The van der Waals surface area contributed by atoms with Crippen molar-refractivity contribution in [2.75, 3.05) is 19.5 Å². The van der Waals surface area contributed by atoms with Gasteiger partial charge in [-0.2, -0.15) is 0 Å². The van der Waals surface area contributed by atoms with Gasteiger partial charge in [-0.3, -0.25) is 4.79 Å². The zero-order valence-corrected chi connectivity index (χ0v) is 14.0. The number of amides is 2. The van der Waals surface area contributed by atoms with Crippen LogP contribution in [0.5, 0.6) is 11.5 Å². The van der Waals surface area contributed by atoms with Gasteiger partial charge in [0.1, 0.15) is 0 Å². The number of carboxylic acids is 1. The minimum absolute atomic E-state index is 0.0498. The second-order valence-corrected chi connectivity index (χ2v) is 5.26. The van der Waals surface area contributed by atoms with Crippen molar-refractivity contribution in [2.24, 2.45) is 0 Å². The Balaban J connectivity index is 1.89. The first-order valence-electron chi connectivity index (χ1n) is 7.58. The molecule has 0 fully saturated rings. The quantitative estimate of drug-likeness (QED) is 0.717. The smallest absolute Gasteiger partial charge is 0.319 e. The number of benzene rings is 2. The van der Waals surface area contributed by atoms with Crippen LogP contribution in [0.2, 0.25) is 0 Å². The topological polar surface area (TPSA) is 96.9 Å². The minimum atomic E-state index is -0.895. The number of anilines is 1. The van der Waals surface area contributed by atoms with Gasteiger partial charge in [0, 0.05) is 12.2 Å². The Morgan fingerprint density at radius 2 is 1.60 bits per heavy atom. The van der Waals surface area contributed by atoms with Crippen molar-refractivity contribution < 1.29 is 24.2 Å². The number of ether oxygens (including phenoxy) is 2. The Kier molecular flexibility index (Phi) is 6.22. The van der Waals surface area contributed by atoms with Crippen LogP contribution in [-0.4, -0.2) is 31.3 Å². The fraction of sp³-hybridized carbons (Fsp3) is 0.222. The molecule has 0 aliphatic carbocycles. The first-order chi connectivity index (χ1) is 12.0. The SMILES string of the molecule is COc1ccc(CNC(=O)Nc2ccc(CC(=O)O)cc2)cc1OC. The Labute approximate surface area is 145 Å². The van der Waals surface area contributed by atoms with Crippen LogP contribution in [0.4, 0.5) is 10.5 Å². The highest BCUT2D eigenvalue weighted by atomic mass is 16.5. The molecule has 0 atom stereocenters. The molecule has 0 radical (unpaired) electrons. The molecule has 0 saturated heterocycles. The number of urea groups is 1. The molecule has 2 aromatic carbocycles. The molecule has 2 aromatic rings. The van der Waals surface area contributed by atoms with Gasteiger partial charge < -0.3 is 25.2 Å². The van der Waals surface area contributed by atoms with Crippen LogP contribution < -0.4 is 20.1 Å². The number of carbonyl (C=O) groups excluding carboxylic acids is 1. The van der Waals surface area contributed by atoms with Crippen molar-refractivity contribution in [1.82, 2.24) is 5.32 Å². The number of aliphatic carboxylic acids is 1. The van der Waals surface area contributed by atoms with Gasteiger partial charge in [0.05, 0.1) is 20.6 Å². The molecular formula is C18H20N2O5. The number of nitrogens with one attached hydrogen (secondary N) is 2. The average Bonchev–Trinajstić information content (AvgIpc) is 2.61. The normalized spacial score (nSPS) is 10.0. The maximum Gasteiger partial charge on any atom is 0.319 e. The van der Waals surface area contributed by atoms with Crippen LogP contribution in [0.3, 0.4) is 0 Å². The van der Waals surface area contributed by atoms with Gasteiger partial charge in [0.15, 0.2) is 11.5 Å². The van der Waals surface area contributed by atoms with Crippen molar-refractivity contribution >= 4 is 17.7 Å². The number of carboxylic acid groups (broad SMARTS) is 1. The Hall–Kier alpha value is -3.22. The van der Waals surface area contributed by atoms with E-state index in [0.717, 1.165) is 5.56 Å². The van der Waals surface area contributed by atoms with Crippen LogP contribution in [-0.2, 0) is 17.8 Å². The van der Waals surface area contributed by atoms with Gasteiger partial charge in [0.25, 0.3) is 0 Å². The van der Waals surface area contributed by atoms with Gasteiger partial charge in [-0.05, 0) is 35.4 Å². The Morgan fingerprint density at radius 1 is 0.960 bits per heavy atom. The Morgan fingerprint density at radius 3 is 2.20 bits per heavy atom. The fourth-order valence-electron chi connectivity index (χ4n) is 2.23. The second kappa shape index (κ2) is 8.58. The van der Waals surface area contributed by atoms with E-state index in [1.165, 1.54) is 0 Å². The van der Waals surface area contributed by atoms with Gasteiger partial charge in [-0.1, -0.05) is 18.2 Å². The van der Waals surface area contributed by atoms with Crippen molar-refractivity contribution in [3.8, 4) is 11.5 Å². The van der Waals surface area contributed by atoms with Gasteiger partial charge >= 0.3 is 12.0 Å². The third kappa shape index (κ3) is 5.42. The largest absolute Gasteiger partial charge is 0.493 e. The van der Waals surface area contributed by atoms with E-state index in [2.05, 4.69) is 10.6 Å². The molecule has 0 aliphatic heterocycles. The van der Waals surface area contributed by atoms with Crippen molar-refractivity contribution in [2.45, 2.75) is 13.0 Å². The average molecular weight is 344 g/mol. The van der Waals surface area contributed by atoms with E-state index in [4.69, 9.17) is 14.6 Å². The van der Waals surface area contributed by atoms with Crippen LogP contribution in [0.25, 0.3) is 0 Å². The lowest BCUT2D eigenvalue weighted by atomic mass is 10.1. The summed E-state index contributed by atoms with van der Waals surface area (Å²) in [5.41, 5.74) is 2.12. The number of carbonyl (C=O) groups is 2. The van der Waals surface area contributed by atoms with Crippen molar-refractivity contribution in [1.29, 1.82) is 0 Å². The lowest BCUT2D eigenvalue weighted by Crippen LogP contribution is -2.28. The molecule has 132 valence electrons. The molecule has 0 heterocycles. The summed E-state index contributed by atoms with van der Waals surface area (Å²) < 4.78 is 10.4. The van der Waals surface area contributed by atoms with E-state index >= 15 is 0 Å². The third-order valence-corrected chi connectivity index (χ3v) is 3.47. The molecule has 0 bridgehead atoms. The first kappa shape index (κ1) is 18.1. The van der Waals surface area contributed by atoms with Crippen molar-refractivity contribution in [3.05, 3.63) is 53.6 Å². The first-order valence-corrected chi connectivity index (χ1v) is 7.58. The van der Waals surface area contributed by atoms with E-state index < -0.39 is 5.97 Å². The molecule has 0 spiro atoms. The molecular weight excluding hydrogens is 324 g/mol. The molecule has 3 N–H and O–H groups in total. The van der Waals surface area contributed by atoms with Crippen LogP contribution in [0.15, 0.2) is 42.5 Å². The van der Waals surface area contributed by atoms with Crippen LogP contribution in [0.1, 0.15) is 11.1 Å². The van der Waals surface area contributed by atoms with Crippen LogP contribution in [0, 0.1) is 0 Å². The van der Waals surface area contributed by atoms with E-state index in [1.807, 2.05) is 6.07 Å². The summed E-state index contributed by atoms with van der Waals surface area (Å²) >= 11 is 0. The second-order valence-electron chi connectivity index (χ2n) is 5.26. The highest BCUT2D eigenvalue weighted by molar-refractivity contribution is 5.89. The van der Waals surface area contributed by atoms with Crippen molar-refractivity contribution in [3.63, 3.8) is 0 Å². The summed E-state index contributed by atoms with van der Waals surface area (Å²) in [7, 11) is 3.11. The predicted molar refractivity (Wildman–Crippen MR) is 93.2 cm³/mol. The summed E-state index contributed by atoms with van der Waals surface area (Å²) in [5.74, 6) is 0.321. The summed E-state index contributed by atoms with van der Waals surface area (Å²) in [4.78, 5) is 22.6. The summed E-state index contributed by atoms with van der Waals surface area (Å²) in [6.45, 7) is 0.323. The van der Waals surface area contributed by atoms with Gasteiger partial charge in [-0.15, -0.1) is 0 Å². The molecule has 2 rings (SSSR count). The summed E-state index contributed by atoms with van der Waals surface area (Å²) in [5, 5.41) is 14.2. The highest BCUT2D eigenvalue weighted by Crippen LogP contribution is 2.27. The van der Waals surface area contributed by atoms with Crippen LogP contribution >= 0.6 is 0 Å². The predicted octanol–water partition coefficient (Wildman–Crippen LogP) is 2.65. The van der Waals surface area contributed by atoms with Gasteiger partial charge in [0.2, 0.25) is 0 Å².